The third-order valence-corrected chi connectivity index (χ3v) is 3.59. The van der Waals surface area contributed by atoms with Crippen molar-refractivity contribution in [3.8, 4) is 11.5 Å². The van der Waals surface area contributed by atoms with Crippen LogP contribution in [-0.2, 0) is 0 Å². The number of hydrogen-bond acceptors (Lipinski definition) is 3. The van der Waals surface area contributed by atoms with Crippen molar-refractivity contribution in [3.63, 3.8) is 0 Å². The van der Waals surface area contributed by atoms with Gasteiger partial charge < -0.3 is 14.8 Å². The summed E-state index contributed by atoms with van der Waals surface area (Å²) in [4.78, 5) is 0. The van der Waals surface area contributed by atoms with Crippen molar-refractivity contribution in [3.05, 3.63) is 22.7 Å². The van der Waals surface area contributed by atoms with Crippen molar-refractivity contribution < 1.29 is 9.47 Å². The molecule has 1 aliphatic heterocycles. The van der Waals surface area contributed by atoms with E-state index in [1.54, 1.807) is 7.11 Å². The zero-order valence-electron chi connectivity index (χ0n) is 11.0. The summed E-state index contributed by atoms with van der Waals surface area (Å²) in [6.07, 6.45) is 2.40. The molecule has 4 heteroatoms. The molecule has 0 spiro atoms. The molecule has 3 nitrogen and oxygen atoms in total. The van der Waals surface area contributed by atoms with Crippen LogP contribution in [0.4, 0.5) is 0 Å². The first kappa shape index (κ1) is 13.5. The molecule has 0 radical (unpaired) electrons. The second-order valence-corrected chi connectivity index (χ2v) is 4.92. The molecule has 1 unspecified atom stereocenters. The van der Waals surface area contributed by atoms with Crippen LogP contribution in [0.3, 0.4) is 0 Å². The third-order valence-electron chi connectivity index (χ3n) is 3.31. The van der Waals surface area contributed by atoms with Crippen molar-refractivity contribution in [2.75, 3.05) is 26.8 Å². The predicted octanol–water partition coefficient (Wildman–Crippen LogP) is 3.21. The van der Waals surface area contributed by atoms with Crippen molar-refractivity contribution in [1.82, 2.24) is 5.32 Å². The average molecular weight is 270 g/mol. The van der Waals surface area contributed by atoms with Crippen molar-refractivity contribution in [2.45, 2.75) is 25.7 Å². The summed E-state index contributed by atoms with van der Waals surface area (Å²) in [5.74, 6) is 1.89. The van der Waals surface area contributed by atoms with Gasteiger partial charge in [0.15, 0.2) is 11.5 Å². The van der Waals surface area contributed by atoms with Crippen LogP contribution >= 0.6 is 11.6 Å². The maximum absolute atomic E-state index is 6.29. The van der Waals surface area contributed by atoms with E-state index in [0.717, 1.165) is 18.8 Å². The molecular weight excluding hydrogens is 250 g/mol. The molecular formula is C14H20ClNO2. The highest BCUT2D eigenvalue weighted by atomic mass is 35.5. The Morgan fingerprint density at radius 3 is 2.89 bits per heavy atom. The minimum absolute atomic E-state index is 0.515. The van der Waals surface area contributed by atoms with Gasteiger partial charge in [-0.25, -0.2) is 0 Å². The summed E-state index contributed by atoms with van der Waals surface area (Å²) >= 11 is 6.29. The molecule has 2 rings (SSSR count). The number of rotatable bonds is 4. The van der Waals surface area contributed by atoms with Crippen molar-refractivity contribution in [1.29, 1.82) is 0 Å². The van der Waals surface area contributed by atoms with E-state index in [9.17, 15) is 0 Å². The van der Waals surface area contributed by atoms with Gasteiger partial charge in [0.2, 0.25) is 0 Å². The summed E-state index contributed by atoms with van der Waals surface area (Å²) in [6, 6.07) is 4.06. The van der Waals surface area contributed by atoms with Crippen LogP contribution in [0.15, 0.2) is 12.1 Å². The highest BCUT2D eigenvalue weighted by Crippen LogP contribution is 2.39. The SMILES string of the molecule is CCOc1c(Cl)cc(C2CCCNC2)cc1OC. The van der Waals surface area contributed by atoms with Crippen LogP contribution in [-0.4, -0.2) is 26.8 Å². The zero-order valence-corrected chi connectivity index (χ0v) is 11.7. The fourth-order valence-corrected chi connectivity index (χ4v) is 2.67. The summed E-state index contributed by atoms with van der Waals surface area (Å²) in [6.45, 7) is 4.64. The number of benzene rings is 1. The summed E-state index contributed by atoms with van der Waals surface area (Å²) in [7, 11) is 1.65. The minimum atomic E-state index is 0.515. The van der Waals surface area contributed by atoms with Crippen LogP contribution in [0.1, 0.15) is 31.2 Å². The fraction of sp³-hybridized carbons (Fsp3) is 0.571. The molecule has 1 aromatic carbocycles. The molecule has 0 saturated carbocycles. The lowest BCUT2D eigenvalue weighted by molar-refractivity contribution is 0.310. The van der Waals surface area contributed by atoms with Crippen LogP contribution in [0, 0.1) is 0 Å². The predicted molar refractivity (Wildman–Crippen MR) is 74.0 cm³/mol. The van der Waals surface area contributed by atoms with Crippen LogP contribution in [0.2, 0.25) is 5.02 Å². The van der Waals surface area contributed by atoms with Gasteiger partial charge in [-0.15, -0.1) is 0 Å². The molecule has 1 aliphatic rings. The number of hydrogen-bond donors (Lipinski definition) is 1. The maximum atomic E-state index is 6.29. The van der Waals surface area contributed by atoms with Crippen LogP contribution < -0.4 is 14.8 Å². The highest BCUT2D eigenvalue weighted by Gasteiger charge is 2.19. The molecule has 0 amide bonds. The van der Waals surface area contributed by atoms with E-state index in [0.29, 0.717) is 23.3 Å². The Morgan fingerprint density at radius 2 is 2.28 bits per heavy atom. The van der Waals surface area contributed by atoms with E-state index in [1.807, 2.05) is 13.0 Å². The Labute approximate surface area is 113 Å². The molecule has 1 aromatic rings. The zero-order chi connectivity index (χ0) is 13.0. The van der Waals surface area contributed by atoms with E-state index in [1.165, 1.54) is 18.4 Å². The van der Waals surface area contributed by atoms with E-state index in [4.69, 9.17) is 21.1 Å². The van der Waals surface area contributed by atoms with Crippen molar-refractivity contribution >= 4 is 11.6 Å². The molecule has 1 saturated heterocycles. The molecule has 1 N–H and O–H groups in total. The number of piperidine rings is 1. The number of halogens is 1. The molecule has 0 aromatic heterocycles. The van der Waals surface area contributed by atoms with Crippen LogP contribution in [0.5, 0.6) is 11.5 Å². The molecule has 0 aliphatic carbocycles. The summed E-state index contributed by atoms with van der Waals surface area (Å²) < 4.78 is 10.9. The van der Waals surface area contributed by atoms with E-state index in [-0.39, 0.29) is 0 Å². The number of nitrogens with one attached hydrogen (secondary N) is 1. The van der Waals surface area contributed by atoms with Gasteiger partial charge in [0.1, 0.15) is 0 Å². The Balaban J connectivity index is 2.29. The Bertz CT molecular complexity index is 403. The maximum Gasteiger partial charge on any atom is 0.179 e. The van der Waals surface area contributed by atoms with Gasteiger partial charge >= 0.3 is 0 Å². The standard InChI is InChI=1S/C14H20ClNO2/c1-3-18-14-12(15)7-11(8-13(14)17-2)10-5-4-6-16-9-10/h7-8,10,16H,3-6,9H2,1-2H3. The first-order valence-corrected chi connectivity index (χ1v) is 6.85. The first-order chi connectivity index (χ1) is 8.76. The third kappa shape index (κ3) is 2.90. The number of ether oxygens (including phenoxy) is 2. The Kier molecular flexibility index (Phi) is 4.72. The summed E-state index contributed by atoms with van der Waals surface area (Å²) in [5.41, 5.74) is 1.23. The Hall–Kier alpha value is -0.930. The second kappa shape index (κ2) is 6.30. The van der Waals surface area contributed by atoms with Gasteiger partial charge in [0, 0.05) is 6.54 Å². The van der Waals surface area contributed by atoms with Gasteiger partial charge in [-0.1, -0.05) is 11.6 Å². The molecule has 1 fully saturated rings. The lowest BCUT2D eigenvalue weighted by atomic mass is 9.91. The van der Waals surface area contributed by atoms with Gasteiger partial charge in [-0.05, 0) is 49.9 Å². The van der Waals surface area contributed by atoms with E-state index < -0.39 is 0 Å². The number of methoxy groups -OCH3 is 1. The Morgan fingerprint density at radius 1 is 1.44 bits per heavy atom. The molecule has 1 heterocycles. The smallest absolute Gasteiger partial charge is 0.179 e. The van der Waals surface area contributed by atoms with Gasteiger partial charge in [0.25, 0.3) is 0 Å². The monoisotopic (exact) mass is 269 g/mol. The lowest BCUT2D eigenvalue weighted by Crippen LogP contribution is -2.28. The first-order valence-electron chi connectivity index (χ1n) is 6.47. The molecule has 100 valence electrons. The van der Waals surface area contributed by atoms with E-state index >= 15 is 0 Å². The van der Waals surface area contributed by atoms with E-state index in [2.05, 4.69) is 11.4 Å². The lowest BCUT2D eigenvalue weighted by Gasteiger charge is -2.24. The topological polar surface area (TPSA) is 30.5 Å². The van der Waals surface area contributed by atoms with Gasteiger partial charge in [-0.3, -0.25) is 0 Å². The molecule has 18 heavy (non-hydrogen) atoms. The molecule has 0 bridgehead atoms. The molecule has 1 atom stereocenters. The van der Waals surface area contributed by atoms with Gasteiger partial charge in [-0.2, -0.15) is 0 Å². The van der Waals surface area contributed by atoms with Crippen LogP contribution in [0.25, 0.3) is 0 Å². The minimum Gasteiger partial charge on any atom is -0.493 e. The average Bonchev–Trinajstić information content (AvgIpc) is 2.42. The second-order valence-electron chi connectivity index (χ2n) is 4.51. The fourth-order valence-electron chi connectivity index (χ4n) is 2.40. The highest BCUT2D eigenvalue weighted by molar-refractivity contribution is 6.32. The normalized spacial score (nSPS) is 19.6. The summed E-state index contributed by atoms with van der Waals surface area (Å²) in [5, 5.41) is 4.05. The quantitative estimate of drug-likeness (QED) is 0.910. The largest absolute Gasteiger partial charge is 0.493 e. The van der Waals surface area contributed by atoms with Gasteiger partial charge in [0.05, 0.1) is 18.7 Å². The van der Waals surface area contributed by atoms with Crippen molar-refractivity contribution in [2.24, 2.45) is 0 Å².